The molecule has 3 heteroatoms. The first kappa shape index (κ1) is 20.3. The zero-order valence-electron chi connectivity index (χ0n) is 15.9. The van der Waals surface area contributed by atoms with E-state index in [4.69, 9.17) is 23.2 Å². The van der Waals surface area contributed by atoms with Gasteiger partial charge < -0.3 is 0 Å². The molecule has 0 amide bonds. The summed E-state index contributed by atoms with van der Waals surface area (Å²) in [6.45, 7) is 0. The molecule has 0 spiro atoms. The van der Waals surface area contributed by atoms with Gasteiger partial charge in [-0.2, -0.15) is 0 Å². The fraction of sp³-hybridized carbons (Fsp3) is 0.0769. The predicted octanol–water partition coefficient (Wildman–Crippen LogP) is 5.35. The molecule has 4 rings (SSSR count). The minimum absolute atomic E-state index is 0.492. The van der Waals surface area contributed by atoms with E-state index in [0.717, 1.165) is 11.1 Å². The zero-order valence-corrected chi connectivity index (χ0v) is 19.3. The average Bonchev–Trinajstić information content (AvgIpc) is 2.81. The molecule has 0 heterocycles. The van der Waals surface area contributed by atoms with Gasteiger partial charge in [0.05, 0.1) is 0 Å². The molecule has 0 radical (unpaired) electrons. The van der Waals surface area contributed by atoms with Gasteiger partial charge in [-0.05, 0) is 0 Å². The SMILES string of the molecule is ClCc1ccc(CCl)c(-c2ccc([As](c3ccccc3)c3ccccc3)cc2)c1. The summed E-state index contributed by atoms with van der Waals surface area (Å²) in [5.74, 6) is 0.997. The van der Waals surface area contributed by atoms with Crippen LogP contribution in [0, 0.1) is 0 Å². The summed E-state index contributed by atoms with van der Waals surface area (Å²) in [6, 6.07) is 37.1. The van der Waals surface area contributed by atoms with Crippen molar-refractivity contribution in [2.45, 2.75) is 11.8 Å². The standard InChI is InChI=1S/C26H21AsCl2/c28-18-20-11-12-22(19-29)26(17-20)21-13-15-25(16-14-21)27(23-7-3-1-4-8-23)24-9-5-2-6-10-24/h1-17H,18-19H2. The van der Waals surface area contributed by atoms with Gasteiger partial charge in [0.15, 0.2) is 0 Å². The van der Waals surface area contributed by atoms with Gasteiger partial charge in [-0.1, -0.05) is 0 Å². The van der Waals surface area contributed by atoms with Crippen molar-refractivity contribution in [2.24, 2.45) is 0 Å². The van der Waals surface area contributed by atoms with E-state index in [9.17, 15) is 0 Å². The van der Waals surface area contributed by atoms with Crippen molar-refractivity contribution in [1.82, 2.24) is 0 Å². The number of rotatable bonds is 6. The number of halogens is 2. The number of hydrogen-bond acceptors (Lipinski definition) is 0. The van der Waals surface area contributed by atoms with E-state index < -0.39 is 14.7 Å². The minimum atomic E-state index is -1.59. The summed E-state index contributed by atoms with van der Waals surface area (Å²) in [6.07, 6.45) is 0. The van der Waals surface area contributed by atoms with Crippen molar-refractivity contribution >= 4 is 50.9 Å². The van der Waals surface area contributed by atoms with Gasteiger partial charge in [0, 0.05) is 0 Å². The summed E-state index contributed by atoms with van der Waals surface area (Å²) < 4.78 is 4.29. The molecule has 4 aromatic rings. The fourth-order valence-electron chi connectivity index (χ4n) is 3.48. The summed E-state index contributed by atoms with van der Waals surface area (Å²) in [7, 11) is 0. The summed E-state index contributed by atoms with van der Waals surface area (Å²) >= 11 is 10.7. The van der Waals surface area contributed by atoms with Crippen LogP contribution in [0.3, 0.4) is 0 Å². The maximum absolute atomic E-state index is 6.19. The van der Waals surface area contributed by atoms with E-state index >= 15 is 0 Å². The van der Waals surface area contributed by atoms with Crippen molar-refractivity contribution in [3.8, 4) is 11.1 Å². The van der Waals surface area contributed by atoms with Crippen LogP contribution < -0.4 is 13.1 Å². The Morgan fingerprint density at radius 1 is 0.552 bits per heavy atom. The zero-order chi connectivity index (χ0) is 20.1. The Balaban J connectivity index is 1.76. The van der Waals surface area contributed by atoms with Gasteiger partial charge in [-0.15, -0.1) is 0 Å². The third-order valence-electron chi connectivity index (χ3n) is 4.94. The van der Waals surface area contributed by atoms with E-state index in [0.29, 0.717) is 11.8 Å². The third kappa shape index (κ3) is 4.62. The Morgan fingerprint density at radius 3 is 1.62 bits per heavy atom. The molecule has 0 bridgehead atoms. The Labute approximate surface area is 187 Å². The molecule has 0 fully saturated rings. The molecule has 0 aliphatic rings. The summed E-state index contributed by atoms with van der Waals surface area (Å²) in [4.78, 5) is 0. The van der Waals surface area contributed by atoms with E-state index in [1.54, 1.807) is 0 Å². The normalized spacial score (nSPS) is 11.0. The molecule has 0 N–H and O–H groups in total. The number of hydrogen-bond donors (Lipinski definition) is 0. The molecule has 0 saturated carbocycles. The van der Waals surface area contributed by atoms with Crippen LogP contribution in [0.25, 0.3) is 11.1 Å². The fourth-order valence-corrected chi connectivity index (χ4v) is 8.67. The topological polar surface area (TPSA) is 0 Å². The molecule has 0 aliphatic heterocycles. The predicted molar refractivity (Wildman–Crippen MR) is 129 cm³/mol. The van der Waals surface area contributed by atoms with Crippen LogP contribution in [0.4, 0.5) is 0 Å². The molecule has 0 atom stereocenters. The van der Waals surface area contributed by atoms with Crippen molar-refractivity contribution in [3.05, 3.63) is 114 Å². The molecule has 0 saturated heterocycles. The number of benzene rings is 4. The van der Waals surface area contributed by atoms with E-state index in [-0.39, 0.29) is 0 Å². The van der Waals surface area contributed by atoms with Crippen LogP contribution >= 0.6 is 23.2 Å². The van der Waals surface area contributed by atoms with Crippen molar-refractivity contribution in [2.75, 3.05) is 0 Å². The first-order valence-corrected chi connectivity index (χ1v) is 13.4. The van der Waals surface area contributed by atoms with Gasteiger partial charge in [-0.25, -0.2) is 0 Å². The molecule has 144 valence electrons. The van der Waals surface area contributed by atoms with Gasteiger partial charge in [-0.3, -0.25) is 0 Å². The average molecular weight is 479 g/mol. The Morgan fingerprint density at radius 2 is 1.10 bits per heavy atom. The van der Waals surface area contributed by atoms with E-state index in [1.807, 2.05) is 0 Å². The van der Waals surface area contributed by atoms with Gasteiger partial charge in [0.2, 0.25) is 0 Å². The second-order valence-corrected chi connectivity index (χ2v) is 12.0. The van der Waals surface area contributed by atoms with Gasteiger partial charge in [0.25, 0.3) is 0 Å². The molecule has 0 aromatic heterocycles. The van der Waals surface area contributed by atoms with Crippen molar-refractivity contribution < 1.29 is 0 Å². The first-order valence-electron chi connectivity index (χ1n) is 9.54. The second-order valence-electron chi connectivity index (χ2n) is 6.81. The van der Waals surface area contributed by atoms with Crippen LogP contribution in [-0.4, -0.2) is 14.7 Å². The van der Waals surface area contributed by atoms with E-state index in [1.165, 1.54) is 24.2 Å². The van der Waals surface area contributed by atoms with Crippen LogP contribution in [0.2, 0.25) is 0 Å². The monoisotopic (exact) mass is 478 g/mol. The molecule has 4 aromatic carbocycles. The van der Waals surface area contributed by atoms with Gasteiger partial charge in [0.1, 0.15) is 0 Å². The molecule has 0 aliphatic carbocycles. The Hall–Kier alpha value is -1.98. The molecule has 29 heavy (non-hydrogen) atoms. The molecular weight excluding hydrogens is 458 g/mol. The summed E-state index contributed by atoms with van der Waals surface area (Å²) in [5, 5.41) is 0. The molecule has 0 nitrogen and oxygen atoms in total. The van der Waals surface area contributed by atoms with Crippen LogP contribution in [0.5, 0.6) is 0 Å². The van der Waals surface area contributed by atoms with Crippen LogP contribution in [0.15, 0.2) is 103 Å². The summed E-state index contributed by atoms with van der Waals surface area (Å²) in [5.41, 5.74) is 4.60. The quantitative estimate of drug-likeness (QED) is 0.259. The van der Waals surface area contributed by atoms with Gasteiger partial charge >= 0.3 is 188 Å². The Kier molecular flexibility index (Phi) is 6.77. The van der Waals surface area contributed by atoms with Crippen molar-refractivity contribution in [3.63, 3.8) is 0 Å². The number of alkyl halides is 2. The van der Waals surface area contributed by atoms with E-state index in [2.05, 4.69) is 103 Å². The molecule has 0 unspecified atom stereocenters. The maximum atomic E-state index is 6.19. The third-order valence-corrected chi connectivity index (χ3v) is 10.7. The van der Waals surface area contributed by atoms with Crippen molar-refractivity contribution in [1.29, 1.82) is 0 Å². The van der Waals surface area contributed by atoms with Crippen LogP contribution in [0.1, 0.15) is 11.1 Å². The Bertz CT molecular complexity index is 1020. The van der Waals surface area contributed by atoms with Crippen LogP contribution in [-0.2, 0) is 11.8 Å². The first-order chi connectivity index (χ1) is 14.3. The molecular formula is C26H21AsCl2. The second kappa shape index (κ2) is 9.68.